The van der Waals surface area contributed by atoms with Crippen LogP contribution in [0.25, 0.3) is 0 Å². The van der Waals surface area contributed by atoms with Crippen LogP contribution >= 0.6 is 0 Å². The molecule has 1 fully saturated rings. The molecule has 0 aromatic carbocycles. The second kappa shape index (κ2) is 6.61. The number of rotatable bonds is 6. The van der Waals surface area contributed by atoms with Gasteiger partial charge in [0.05, 0.1) is 0 Å². The van der Waals surface area contributed by atoms with E-state index in [2.05, 4.69) is 41.5 Å². The normalized spacial score (nSPS) is 19.1. The largest absolute Gasteiger partial charge is 0.434 e. The van der Waals surface area contributed by atoms with Crippen LogP contribution in [0.3, 0.4) is 0 Å². The molecule has 0 atom stereocenters. The van der Waals surface area contributed by atoms with Crippen molar-refractivity contribution in [2.75, 3.05) is 0 Å². The predicted octanol–water partition coefficient (Wildman–Crippen LogP) is 5.01. The van der Waals surface area contributed by atoms with Crippen LogP contribution in [0.4, 0.5) is 0 Å². The second-order valence-electron chi connectivity index (χ2n) is 7.13. The van der Waals surface area contributed by atoms with Crippen molar-refractivity contribution in [2.24, 2.45) is 0 Å². The van der Waals surface area contributed by atoms with Gasteiger partial charge in [-0.05, 0) is 29.5 Å². The van der Waals surface area contributed by atoms with Crippen LogP contribution < -0.4 is 0 Å². The minimum Gasteiger partial charge on any atom is -0.434 e. The monoisotopic (exact) mass is 300 g/mol. The molecule has 3 nitrogen and oxygen atoms in total. The standard InChI is InChI=1S/C16H32O3Si/c1-12(2)20(13(3)4,14(5)6)19-16(18-15(7)17)10-8-9-11-16/h12-14H,8-11H2,1-7H3. The Hall–Kier alpha value is -0.353. The zero-order valence-electron chi connectivity index (χ0n) is 14.3. The summed E-state index contributed by atoms with van der Waals surface area (Å²) in [6.07, 6.45) is 3.89. The van der Waals surface area contributed by atoms with Gasteiger partial charge in [-0.1, -0.05) is 41.5 Å². The summed E-state index contributed by atoms with van der Waals surface area (Å²) in [5.74, 6) is -0.859. The molecular weight excluding hydrogens is 268 g/mol. The summed E-state index contributed by atoms with van der Waals surface area (Å²) >= 11 is 0. The summed E-state index contributed by atoms with van der Waals surface area (Å²) in [6.45, 7) is 15.1. The van der Waals surface area contributed by atoms with E-state index in [-0.39, 0.29) is 5.97 Å². The van der Waals surface area contributed by atoms with Crippen LogP contribution in [0, 0.1) is 0 Å². The maximum absolute atomic E-state index is 11.5. The maximum atomic E-state index is 11.5. The summed E-state index contributed by atoms with van der Waals surface area (Å²) in [6, 6.07) is 0. The fourth-order valence-corrected chi connectivity index (χ4v) is 9.67. The molecule has 0 spiro atoms. The van der Waals surface area contributed by atoms with Crippen molar-refractivity contribution in [3.05, 3.63) is 0 Å². The Balaban J connectivity index is 3.11. The first-order valence-electron chi connectivity index (χ1n) is 8.06. The van der Waals surface area contributed by atoms with E-state index in [9.17, 15) is 4.79 Å². The van der Waals surface area contributed by atoms with Gasteiger partial charge < -0.3 is 9.16 Å². The average molecular weight is 301 g/mol. The zero-order valence-corrected chi connectivity index (χ0v) is 15.3. The number of carbonyl (C=O) groups excluding carboxylic acids is 1. The quantitative estimate of drug-likeness (QED) is 0.393. The highest BCUT2D eigenvalue weighted by Gasteiger charge is 2.52. The second-order valence-corrected chi connectivity index (χ2v) is 12.5. The van der Waals surface area contributed by atoms with Crippen LogP contribution in [0.1, 0.15) is 74.1 Å². The van der Waals surface area contributed by atoms with Crippen LogP contribution in [-0.4, -0.2) is 20.1 Å². The molecular formula is C16H32O3Si. The molecule has 0 N–H and O–H groups in total. The van der Waals surface area contributed by atoms with Gasteiger partial charge in [0, 0.05) is 19.8 Å². The highest BCUT2D eigenvalue weighted by Crippen LogP contribution is 2.48. The van der Waals surface area contributed by atoms with Crippen molar-refractivity contribution in [2.45, 2.75) is 96.6 Å². The van der Waals surface area contributed by atoms with Gasteiger partial charge in [-0.3, -0.25) is 4.79 Å². The van der Waals surface area contributed by atoms with Crippen molar-refractivity contribution in [1.82, 2.24) is 0 Å². The number of carbonyl (C=O) groups is 1. The van der Waals surface area contributed by atoms with E-state index in [1.54, 1.807) is 0 Å². The van der Waals surface area contributed by atoms with Gasteiger partial charge in [-0.2, -0.15) is 0 Å². The Kier molecular flexibility index (Phi) is 5.85. The molecule has 1 aliphatic carbocycles. The van der Waals surface area contributed by atoms with E-state index in [1.165, 1.54) is 6.92 Å². The van der Waals surface area contributed by atoms with E-state index < -0.39 is 14.1 Å². The van der Waals surface area contributed by atoms with Crippen LogP contribution in [0.2, 0.25) is 16.6 Å². The lowest BCUT2D eigenvalue weighted by atomic mass is 10.2. The van der Waals surface area contributed by atoms with Gasteiger partial charge in [0.2, 0.25) is 14.1 Å². The van der Waals surface area contributed by atoms with Crippen LogP contribution in [-0.2, 0) is 14.0 Å². The molecule has 0 heterocycles. The van der Waals surface area contributed by atoms with Crippen molar-refractivity contribution < 1.29 is 14.0 Å². The van der Waals surface area contributed by atoms with Crippen LogP contribution in [0.15, 0.2) is 0 Å². The molecule has 0 unspecified atom stereocenters. The molecule has 0 radical (unpaired) electrons. The molecule has 0 saturated heterocycles. The first kappa shape index (κ1) is 17.7. The highest BCUT2D eigenvalue weighted by atomic mass is 28.4. The lowest BCUT2D eigenvalue weighted by Crippen LogP contribution is -2.55. The first-order valence-corrected chi connectivity index (χ1v) is 10.2. The van der Waals surface area contributed by atoms with Gasteiger partial charge >= 0.3 is 5.97 Å². The number of esters is 1. The molecule has 1 aliphatic rings. The van der Waals surface area contributed by atoms with Crippen molar-refractivity contribution >= 4 is 14.3 Å². The van der Waals surface area contributed by atoms with Gasteiger partial charge in [-0.25, -0.2) is 0 Å². The minimum atomic E-state index is -2.01. The summed E-state index contributed by atoms with van der Waals surface area (Å²) in [7, 11) is -2.01. The molecule has 0 aliphatic heterocycles. The fraction of sp³-hybridized carbons (Fsp3) is 0.938. The van der Waals surface area contributed by atoms with Gasteiger partial charge in [0.15, 0.2) is 0 Å². The molecule has 0 bridgehead atoms. The summed E-state index contributed by atoms with van der Waals surface area (Å²) in [5.41, 5.74) is 1.53. The van der Waals surface area contributed by atoms with Crippen molar-refractivity contribution in [1.29, 1.82) is 0 Å². The first-order chi connectivity index (χ1) is 9.16. The average Bonchev–Trinajstić information content (AvgIpc) is 2.72. The Bertz CT molecular complexity index is 309. The predicted molar refractivity (Wildman–Crippen MR) is 85.1 cm³/mol. The molecule has 1 saturated carbocycles. The van der Waals surface area contributed by atoms with Gasteiger partial charge in [0.25, 0.3) is 0 Å². The third kappa shape index (κ3) is 3.45. The lowest BCUT2D eigenvalue weighted by molar-refractivity contribution is -0.198. The van der Waals surface area contributed by atoms with E-state index in [0.717, 1.165) is 25.7 Å². The maximum Gasteiger partial charge on any atom is 0.305 e. The van der Waals surface area contributed by atoms with E-state index in [1.807, 2.05) is 0 Å². The van der Waals surface area contributed by atoms with Gasteiger partial charge in [0.1, 0.15) is 0 Å². The highest BCUT2D eigenvalue weighted by molar-refractivity contribution is 6.77. The Morgan fingerprint density at radius 3 is 1.65 bits per heavy atom. The van der Waals surface area contributed by atoms with Crippen molar-refractivity contribution in [3.8, 4) is 0 Å². The number of hydrogen-bond donors (Lipinski definition) is 0. The fourth-order valence-electron chi connectivity index (χ4n) is 4.08. The third-order valence-corrected chi connectivity index (χ3v) is 10.9. The Morgan fingerprint density at radius 2 is 1.35 bits per heavy atom. The molecule has 0 amide bonds. The SMILES string of the molecule is CC(=O)OC1(O[Si](C(C)C)(C(C)C)C(C)C)CCCC1. The Labute approximate surface area is 125 Å². The molecule has 0 aromatic heterocycles. The zero-order chi connectivity index (χ0) is 15.6. The lowest BCUT2D eigenvalue weighted by Gasteiger charge is -2.47. The molecule has 1 rings (SSSR count). The molecule has 0 aromatic rings. The number of ether oxygens (including phenoxy) is 1. The third-order valence-electron chi connectivity index (χ3n) is 4.76. The van der Waals surface area contributed by atoms with E-state index in [0.29, 0.717) is 16.6 Å². The topological polar surface area (TPSA) is 35.5 Å². The number of hydrogen-bond acceptors (Lipinski definition) is 3. The van der Waals surface area contributed by atoms with E-state index >= 15 is 0 Å². The molecule has 4 heteroatoms. The Morgan fingerprint density at radius 1 is 0.950 bits per heavy atom. The summed E-state index contributed by atoms with van der Waals surface area (Å²) in [5, 5.41) is 0. The minimum absolute atomic E-state index is 0.217. The summed E-state index contributed by atoms with van der Waals surface area (Å²) < 4.78 is 12.5. The summed E-state index contributed by atoms with van der Waals surface area (Å²) in [4.78, 5) is 11.5. The molecule has 20 heavy (non-hydrogen) atoms. The molecule has 118 valence electrons. The van der Waals surface area contributed by atoms with Crippen LogP contribution in [0.5, 0.6) is 0 Å². The smallest absolute Gasteiger partial charge is 0.305 e. The van der Waals surface area contributed by atoms with Gasteiger partial charge in [-0.15, -0.1) is 0 Å². The van der Waals surface area contributed by atoms with E-state index in [4.69, 9.17) is 9.16 Å². The van der Waals surface area contributed by atoms with Crippen molar-refractivity contribution in [3.63, 3.8) is 0 Å².